The average molecular weight is 322 g/mol. The second-order valence-corrected chi connectivity index (χ2v) is 4.84. The van der Waals surface area contributed by atoms with Gasteiger partial charge >= 0.3 is 0 Å². The van der Waals surface area contributed by atoms with E-state index >= 15 is 0 Å². The zero-order chi connectivity index (χ0) is 10.1. The van der Waals surface area contributed by atoms with Crippen LogP contribution in [0, 0.1) is 9.39 Å². The van der Waals surface area contributed by atoms with Crippen molar-refractivity contribution in [2.24, 2.45) is 0 Å². The molecule has 0 bridgehead atoms. The molecule has 1 nitrogen and oxygen atoms in total. The van der Waals surface area contributed by atoms with E-state index in [-0.39, 0.29) is 5.82 Å². The smallest absolute Gasteiger partial charge is 0.172 e. The standard InChI is InChI=1S/C10H8FIOS/c1-2-13-9-7(11)5-8(12)6-3-4-14-10(6)9/h3-5H,2H2,1H3. The molecule has 4 heteroatoms. The van der Waals surface area contributed by atoms with E-state index in [0.717, 1.165) is 13.7 Å². The second-order valence-electron chi connectivity index (χ2n) is 2.77. The second kappa shape index (κ2) is 4.02. The third-order valence-corrected chi connectivity index (χ3v) is 3.69. The summed E-state index contributed by atoms with van der Waals surface area (Å²) >= 11 is 3.65. The zero-order valence-electron chi connectivity index (χ0n) is 7.51. The minimum atomic E-state index is -0.272. The largest absolute Gasteiger partial charge is 0.489 e. The highest BCUT2D eigenvalue weighted by atomic mass is 127. The molecule has 1 aromatic heterocycles. The van der Waals surface area contributed by atoms with E-state index in [1.165, 1.54) is 17.4 Å². The number of ether oxygens (including phenoxy) is 1. The lowest BCUT2D eigenvalue weighted by Gasteiger charge is -2.06. The summed E-state index contributed by atoms with van der Waals surface area (Å²) in [7, 11) is 0. The maximum Gasteiger partial charge on any atom is 0.172 e. The van der Waals surface area contributed by atoms with Crippen LogP contribution in [0.4, 0.5) is 4.39 Å². The van der Waals surface area contributed by atoms with Gasteiger partial charge in [-0.3, -0.25) is 0 Å². The van der Waals surface area contributed by atoms with Crippen molar-refractivity contribution in [3.63, 3.8) is 0 Å². The summed E-state index contributed by atoms with van der Waals surface area (Å²) in [5.41, 5.74) is 0. The Kier molecular flexibility index (Phi) is 2.92. The summed E-state index contributed by atoms with van der Waals surface area (Å²) < 4.78 is 20.6. The van der Waals surface area contributed by atoms with E-state index in [9.17, 15) is 4.39 Å². The Balaban J connectivity index is 2.73. The normalized spacial score (nSPS) is 10.8. The summed E-state index contributed by atoms with van der Waals surface area (Å²) in [6.07, 6.45) is 0. The number of hydrogen-bond acceptors (Lipinski definition) is 2. The van der Waals surface area contributed by atoms with Crippen molar-refractivity contribution in [1.82, 2.24) is 0 Å². The molecule has 0 aliphatic heterocycles. The Morgan fingerprint density at radius 2 is 2.36 bits per heavy atom. The summed E-state index contributed by atoms with van der Waals surface area (Å²) in [6, 6.07) is 3.50. The summed E-state index contributed by atoms with van der Waals surface area (Å²) in [6.45, 7) is 2.35. The highest BCUT2D eigenvalue weighted by Crippen LogP contribution is 2.36. The van der Waals surface area contributed by atoms with Crippen molar-refractivity contribution < 1.29 is 9.13 Å². The van der Waals surface area contributed by atoms with Gasteiger partial charge in [0.15, 0.2) is 11.6 Å². The third-order valence-electron chi connectivity index (χ3n) is 1.89. The first-order valence-corrected chi connectivity index (χ1v) is 6.18. The van der Waals surface area contributed by atoms with Crippen LogP contribution in [0.25, 0.3) is 10.1 Å². The Morgan fingerprint density at radius 3 is 3.07 bits per heavy atom. The molecule has 74 valence electrons. The van der Waals surface area contributed by atoms with Crippen LogP contribution in [0.5, 0.6) is 5.75 Å². The van der Waals surface area contributed by atoms with Crippen molar-refractivity contribution in [2.75, 3.05) is 6.61 Å². The van der Waals surface area contributed by atoms with E-state index in [1.807, 2.05) is 18.4 Å². The molecular formula is C10H8FIOS. The fourth-order valence-corrected chi connectivity index (χ4v) is 3.13. The molecule has 0 aliphatic rings. The predicted octanol–water partition coefficient (Wildman–Crippen LogP) is 4.04. The molecule has 0 atom stereocenters. The van der Waals surface area contributed by atoms with Crippen LogP contribution < -0.4 is 4.74 Å². The van der Waals surface area contributed by atoms with Crippen LogP contribution in [-0.4, -0.2) is 6.61 Å². The molecule has 0 unspecified atom stereocenters. The molecule has 0 fully saturated rings. The predicted molar refractivity (Wildman–Crippen MR) is 65.7 cm³/mol. The van der Waals surface area contributed by atoms with Crippen molar-refractivity contribution >= 4 is 44.0 Å². The lowest BCUT2D eigenvalue weighted by atomic mass is 10.2. The molecule has 2 aromatic rings. The third kappa shape index (κ3) is 1.61. The average Bonchev–Trinajstić information content (AvgIpc) is 2.60. The molecule has 0 aliphatic carbocycles. The van der Waals surface area contributed by atoms with Gasteiger partial charge in [-0.1, -0.05) is 0 Å². The maximum absolute atomic E-state index is 13.5. The van der Waals surface area contributed by atoms with Crippen LogP contribution >= 0.6 is 33.9 Å². The number of fused-ring (bicyclic) bond motifs is 1. The van der Waals surface area contributed by atoms with Crippen molar-refractivity contribution in [1.29, 1.82) is 0 Å². The van der Waals surface area contributed by atoms with Gasteiger partial charge in [-0.2, -0.15) is 0 Å². The van der Waals surface area contributed by atoms with E-state index in [2.05, 4.69) is 22.6 Å². The molecule has 0 saturated heterocycles. The molecular weight excluding hydrogens is 314 g/mol. The Bertz CT molecular complexity index is 466. The zero-order valence-corrected chi connectivity index (χ0v) is 10.5. The summed E-state index contributed by atoms with van der Waals surface area (Å²) in [5, 5.41) is 3.02. The highest BCUT2D eigenvalue weighted by Gasteiger charge is 2.12. The van der Waals surface area contributed by atoms with Crippen molar-refractivity contribution in [3.8, 4) is 5.75 Å². The summed E-state index contributed by atoms with van der Waals surface area (Å²) in [5.74, 6) is 0.115. The number of rotatable bonds is 2. The van der Waals surface area contributed by atoms with Gasteiger partial charge in [0.1, 0.15) is 0 Å². The number of halogens is 2. The molecule has 1 heterocycles. The lowest BCUT2D eigenvalue weighted by molar-refractivity contribution is 0.326. The first-order valence-electron chi connectivity index (χ1n) is 4.22. The minimum absolute atomic E-state index is 0.272. The van der Waals surface area contributed by atoms with E-state index < -0.39 is 0 Å². The molecule has 0 N–H and O–H groups in total. The van der Waals surface area contributed by atoms with Crippen LogP contribution in [-0.2, 0) is 0 Å². The van der Waals surface area contributed by atoms with E-state index in [4.69, 9.17) is 4.74 Å². The molecule has 0 spiro atoms. The fraction of sp³-hybridized carbons (Fsp3) is 0.200. The van der Waals surface area contributed by atoms with E-state index in [0.29, 0.717) is 12.4 Å². The molecule has 0 amide bonds. The molecule has 14 heavy (non-hydrogen) atoms. The Labute approximate surface area is 99.0 Å². The van der Waals surface area contributed by atoms with Gasteiger partial charge in [0, 0.05) is 8.96 Å². The SMILES string of the molecule is CCOc1c(F)cc(I)c2ccsc12. The topological polar surface area (TPSA) is 9.23 Å². The van der Waals surface area contributed by atoms with Crippen LogP contribution in [0.15, 0.2) is 17.5 Å². The highest BCUT2D eigenvalue weighted by molar-refractivity contribution is 14.1. The molecule has 0 saturated carbocycles. The number of thiophene rings is 1. The van der Waals surface area contributed by atoms with Crippen LogP contribution in [0.1, 0.15) is 6.92 Å². The monoisotopic (exact) mass is 322 g/mol. The van der Waals surface area contributed by atoms with Gasteiger partial charge in [0.2, 0.25) is 0 Å². The van der Waals surface area contributed by atoms with Gasteiger partial charge in [-0.05, 0) is 47.0 Å². The van der Waals surface area contributed by atoms with Gasteiger partial charge in [0.25, 0.3) is 0 Å². The first-order chi connectivity index (χ1) is 6.74. The first kappa shape index (κ1) is 10.2. The van der Waals surface area contributed by atoms with Crippen LogP contribution in [0.3, 0.4) is 0 Å². The molecule has 2 rings (SSSR count). The van der Waals surface area contributed by atoms with Crippen molar-refractivity contribution in [3.05, 3.63) is 26.9 Å². The van der Waals surface area contributed by atoms with Crippen molar-refractivity contribution in [2.45, 2.75) is 6.92 Å². The quantitative estimate of drug-likeness (QED) is 0.758. The number of benzene rings is 1. The lowest BCUT2D eigenvalue weighted by Crippen LogP contribution is -1.95. The summed E-state index contributed by atoms with van der Waals surface area (Å²) in [4.78, 5) is 0. The minimum Gasteiger partial charge on any atom is -0.489 e. The number of hydrogen-bond donors (Lipinski definition) is 0. The van der Waals surface area contributed by atoms with Gasteiger partial charge in [0.05, 0.1) is 11.3 Å². The van der Waals surface area contributed by atoms with Gasteiger partial charge in [-0.15, -0.1) is 11.3 Å². The molecule has 0 radical (unpaired) electrons. The van der Waals surface area contributed by atoms with Gasteiger partial charge in [-0.25, -0.2) is 4.39 Å². The molecule has 1 aromatic carbocycles. The van der Waals surface area contributed by atoms with E-state index in [1.54, 1.807) is 0 Å². The Hall–Kier alpha value is -0.360. The maximum atomic E-state index is 13.5. The van der Waals surface area contributed by atoms with Crippen LogP contribution in [0.2, 0.25) is 0 Å². The van der Waals surface area contributed by atoms with Gasteiger partial charge < -0.3 is 4.74 Å². The fourth-order valence-electron chi connectivity index (χ4n) is 1.32. The Morgan fingerprint density at radius 1 is 1.57 bits per heavy atom.